The quantitative estimate of drug-likeness (QED) is 0.889. The van der Waals surface area contributed by atoms with Crippen molar-refractivity contribution in [1.82, 2.24) is 20.4 Å². The number of aryl methyl sites for hydroxylation is 1. The summed E-state index contributed by atoms with van der Waals surface area (Å²) in [5.41, 5.74) is 1.11. The Morgan fingerprint density at radius 1 is 1.48 bits per heavy atom. The molecule has 1 fully saturated rings. The van der Waals surface area contributed by atoms with E-state index in [0.29, 0.717) is 29.7 Å². The maximum atomic E-state index is 12.2. The molecule has 6 nitrogen and oxygen atoms in total. The van der Waals surface area contributed by atoms with E-state index in [-0.39, 0.29) is 5.91 Å². The van der Waals surface area contributed by atoms with Crippen LogP contribution in [0.2, 0.25) is 0 Å². The maximum Gasteiger partial charge on any atom is 0.271 e. The SMILES string of the molecule is Cc1ccc(-c2cc(C(=O)NCCN3CCCCC3C)n[nH]2)o1. The van der Waals surface area contributed by atoms with Crippen molar-refractivity contribution in [2.24, 2.45) is 0 Å². The number of carbonyl (C=O) groups is 1. The predicted molar refractivity (Wildman–Crippen MR) is 88.2 cm³/mol. The third-order valence-electron chi connectivity index (χ3n) is 4.44. The molecule has 0 aromatic carbocycles. The van der Waals surface area contributed by atoms with Crippen LogP contribution in [0.4, 0.5) is 0 Å². The number of nitrogens with one attached hydrogen (secondary N) is 2. The summed E-state index contributed by atoms with van der Waals surface area (Å²) in [5, 5.41) is 9.86. The number of piperidine rings is 1. The first-order valence-electron chi connectivity index (χ1n) is 8.28. The van der Waals surface area contributed by atoms with Gasteiger partial charge in [-0.15, -0.1) is 0 Å². The van der Waals surface area contributed by atoms with Gasteiger partial charge in [0.15, 0.2) is 11.5 Å². The zero-order valence-electron chi connectivity index (χ0n) is 13.8. The summed E-state index contributed by atoms with van der Waals surface area (Å²) < 4.78 is 5.53. The molecule has 3 heterocycles. The van der Waals surface area contributed by atoms with Crippen molar-refractivity contribution in [2.75, 3.05) is 19.6 Å². The van der Waals surface area contributed by atoms with Crippen LogP contribution in [0.3, 0.4) is 0 Å². The third-order valence-corrected chi connectivity index (χ3v) is 4.44. The average Bonchev–Trinajstić information content (AvgIpc) is 3.18. The molecule has 6 heteroatoms. The first kappa shape index (κ1) is 15.8. The molecule has 0 aliphatic carbocycles. The summed E-state index contributed by atoms with van der Waals surface area (Å²) >= 11 is 0. The van der Waals surface area contributed by atoms with E-state index in [1.54, 1.807) is 6.07 Å². The fraction of sp³-hybridized carbons (Fsp3) is 0.529. The second-order valence-electron chi connectivity index (χ2n) is 6.21. The van der Waals surface area contributed by atoms with Gasteiger partial charge in [0.2, 0.25) is 0 Å². The topological polar surface area (TPSA) is 74.2 Å². The molecule has 124 valence electrons. The van der Waals surface area contributed by atoms with Gasteiger partial charge in [0.1, 0.15) is 11.5 Å². The summed E-state index contributed by atoms with van der Waals surface area (Å²) in [6.07, 6.45) is 3.81. The predicted octanol–water partition coefficient (Wildman–Crippen LogP) is 2.58. The van der Waals surface area contributed by atoms with Gasteiger partial charge in [-0.25, -0.2) is 0 Å². The smallest absolute Gasteiger partial charge is 0.271 e. The Kier molecular flexibility index (Phi) is 4.81. The van der Waals surface area contributed by atoms with Crippen LogP contribution in [-0.4, -0.2) is 46.7 Å². The van der Waals surface area contributed by atoms with Crippen LogP contribution in [0.15, 0.2) is 22.6 Å². The minimum atomic E-state index is -0.152. The third kappa shape index (κ3) is 3.82. The number of hydrogen-bond donors (Lipinski definition) is 2. The van der Waals surface area contributed by atoms with Gasteiger partial charge in [-0.1, -0.05) is 6.42 Å². The van der Waals surface area contributed by atoms with E-state index >= 15 is 0 Å². The summed E-state index contributed by atoms with van der Waals surface area (Å²) in [5.74, 6) is 1.37. The first-order valence-corrected chi connectivity index (χ1v) is 8.28. The average molecular weight is 316 g/mol. The van der Waals surface area contributed by atoms with Crippen molar-refractivity contribution in [2.45, 2.75) is 39.2 Å². The van der Waals surface area contributed by atoms with E-state index in [9.17, 15) is 4.79 Å². The van der Waals surface area contributed by atoms with Gasteiger partial charge >= 0.3 is 0 Å². The van der Waals surface area contributed by atoms with Crippen molar-refractivity contribution < 1.29 is 9.21 Å². The van der Waals surface area contributed by atoms with Crippen molar-refractivity contribution in [3.05, 3.63) is 29.7 Å². The van der Waals surface area contributed by atoms with Crippen molar-refractivity contribution in [1.29, 1.82) is 0 Å². The molecule has 23 heavy (non-hydrogen) atoms. The maximum absolute atomic E-state index is 12.2. The zero-order chi connectivity index (χ0) is 16.2. The highest BCUT2D eigenvalue weighted by atomic mass is 16.3. The Balaban J connectivity index is 1.51. The molecule has 1 atom stereocenters. The molecule has 3 rings (SSSR count). The molecular formula is C17H24N4O2. The van der Waals surface area contributed by atoms with E-state index in [2.05, 4.69) is 27.3 Å². The molecule has 2 N–H and O–H groups in total. The van der Waals surface area contributed by atoms with Crippen LogP contribution in [0.1, 0.15) is 42.4 Å². The van der Waals surface area contributed by atoms with E-state index in [1.807, 2.05) is 19.1 Å². The van der Waals surface area contributed by atoms with Crippen molar-refractivity contribution >= 4 is 5.91 Å². The summed E-state index contributed by atoms with van der Waals surface area (Å²) in [7, 11) is 0. The summed E-state index contributed by atoms with van der Waals surface area (Å²) in [6, 6.07) is 6.08. The lowest BCUT2D eigenvalue weighted by atomic mass is 10.0. The number of furan rings is 1. The Morgan fingerprint density at radius 3 is 3.09 bits per heavy atom. The van der Waals surface area contributed by atoms with E-state index < -0.39 is 0 Å². The van der Waals surface area contributed by atoms with Crippen LogP contribution in [-0.2, 0) is 0 Å². The standard InChI is InChI=1S/C17H24N4O2/c1-12-5-3-4-9-21(12)10-8-18-17(22)15-11-14(19-20-15)16-7-6-13(2)23-16/h6-7,11-12H,3-5,8-10H2,1-2H3,(H,18,22)(H,19,20). The number of H-pyrrole nitrogens is 1. The van der Waals surface area contributed by atoms with Crippen LogP contribution in [0.5, 0.6) is 0 Å². The molecule has 0 bridgehead atoms. The largest absolute Gasteiger partial charge is 0.460 e. The molecule has 0 radical (unpaired) electrons. The van der Waals surface area contributed by atoms with E-state index in [0.717, 1.165) is 18.8 Å². The summed E-state index contributed by atoms with van der Waals surface area (Å²) in [6.45, 7) is 6.80. The fourth-order valence-corrected chi connectivity index (χ4v) is 3.04. The summed E-state index contributed by atoms with van der Waals surface area (Å²) in [4.78, 5) is 14.6. The number of amides is 1. The number of nitrogens with zero attached hydrogens (tertiary/aromatic N) is 2. The molecule has 2 aromatic heterocycles. The van der Waals surface area contributed by atoms with Crippen molar-refractivity contribution in [3.63, 3.8) is 0 Å². The molecule has 1 aliphatic rings. The van der Waals surface area contributed by atoms with Crippen LogP contribution in [0, 0.1) is 6.92 Å². The number of hydrogen-bond acceptors (Lipinski definition) is 4. The minimum Gasteiger partial charge on any atom is -0.460 e. The van der Waals surface area contributed by atoms with Crippen LogP contribution >= 0.6 is 0 Å². The number of rotatable bonds is 5. The molecule has 1 saturated heterocycles. The van der Waals surface area contributed by atoms with Gasteiger partial charge in [-0.3, -0.25) is 14.8 Å². The number of carbonyl (C=O) groups excluding carboxylic acids is 1. The van der Waals surface area contributed by atoms with Gasteiger partial charge < -0.3 is 9.73 Å². The van der Waals surface area contributed by atoms with Gasteiger partial charge in [0, 0.05) is 25.2 Å². The molecule has 0 saturated carbocycles. The first-order chi connectivity index (χ1) is 11.1. The van der Waals surface area contributed by atoms with Gasteiger partial charge in [-0.2, -0.15) is 5.10 Å². The van der Waals surface area contributed by atoms with Crippen LogP contribution < -0.4 is 5.32 Å². The molecular weight excluding hydrogens is 292 g/mol. The van der Waals surface area contributed by atoms with Crippen LogP contribution in [0.25, 0.3) is 11.5 Å². The highest BCUT2D eigenvalue weighted by Gasteiger charge is 2.18. The number of aromatic nitrogens is 2. The van der Waals surface area contributed by atoms with Gasteiger partial charge in [0.25, 0.3) is 5.91 Å². The Bertz CT molecular complexity index is 661. The Morgan fingerprint density at radius 2 is 2.35 bits per heavy atom. The van der Waals surface area contributed by atoms with Gasteiger partial charge in [0.05, 0.1) is 0 Å². The van der Waals surface area contributed by atoms with Gasteiger partial charge in [-0.05, 0) is 45.4 Å². The number of aromatic amines is 1. The Hall–Kier alpha value is -2.08. The lowest BCUT2D eigenvalue weighted by Crippen LogP contribution is -2.42. The molecule has 1 aliphatic heterocycles. The monoisotopic (exact) mass is 316 g/mol. The molecule has 1 amide bonds. The number of likely N-dealkylation sites (tertiary alicyclic amines) is 1. The van der Waals surface area contributed by atoms with E-state index in [4.69, 9.17) is 4.42 Å². The second kappa shape index (κ2) is 7.00. The zero-order valence-corrected chi connectivity index (χ0v) is 13.8. The second-order valence-corrected chi connectivity index (χ2v) is 6.21. The fourth-order valence-electron chi connectivity index (χ4n) is 3.04. The Labute approximate surface area is 136 Å². The molecule has 0 spiro atoms. The minimum absolute atomic E-state index is 0.152. The highest BCUT2D eigenvalue weighted by Crippen LogP contribution is 2.20. The molecule has 2 aromatic rings. The van der Waals surface area contributed by atoms with E-state index in [1.165, 1.54) is 19.3 Å². The highest BCUT2D eigenvalue weighted by molar-refractivity contribution is 5.93. The normalized spacial score (nSPS) is 19.0. The molecule has 1 unspecified atom stereocenters. The lowest BCUT2D eigenvalue weighted by molar-refractivity contribution is 0.0933. The van der Waals surface area contributed by atoms with Crippen molar-refractivity contribution in [3.8, 4) is 11.5 Å². The lowest BCUT2D eigenvalue weighted by Gasteiger charge is -2.33.